The number of nitrogens with one attached hydrogen (secondary N) is 1. The highest BCUT2D eigenvalue weighted by atomic mass is 19.1. The van der Waals surface area contributed by atoms with Crippen molar-refractivity contribution in [1.82, 2.24) is 4.98 Å². The second-order valence-corrected chi connectivity index (χ2v) is 2.77. The molecule has 0 aliphatic carbocycles. The Morgan fingerprint density at radius 3 is 2.92 bits per heavy atom. The molecule has 2 aromatic rings. The number of H-pyrrole nitrogens is 1. The van der Waals surface area contributed by atoms with Crippen LogP contribution in [0.1, 0.15) is 0 Å². The summed E-state index contributed by atoms with van der Waals surface area (Å²) in [6.07, 6.45) is 1.50. The summed E-state index contributed by atoms with van der Waals surface area (Å²) >= 11 is 0. The van der Waals surface area contributed by atoms with E-state index in [1.807, 2.05) is 0 Å². The van der Waals surface area contributed by atoms with Crippen LogP contribution in [0.4, 0.5) is 10.1 Å². The van der Waals surface area contributed by atoms with E-state index in [4.69, 9.17) is 5.73 Å². The smallest absolute Gasteiger partial charge is 0.255 e. The Morgan fingerprint density at radius 1 is 1.38 bits per heavy atom. The molecule has 0 aliphatic heterocycles. The molecule has 3 N–H and O–H groups in total. The fourth-order valence-corrected chi connectivity index (χ4v) is 1.23. The first-order valence-electron chi connectivity index (χ1n) is 3.75. The molecule has 0 amide bonds. The summed E-state index contributed by atoms with van der Waals surface area (Å²) in [6.45, 7) is 0. The van der Waals surface area contributed by atoms with E-state index in [-0.39, 0.29) is 11.2 Å². The molecule has 0 bridgehead atoms. The molecule has 1 aromatic heterocycles. The molecule has 4 heteroatoms. The highest BCUT2D eigenvalue weighted by molar-refractivity contribution is 5.84. The SMILES string of the molecule is Nc1cc2cc[nH]c(=O)c2cc1F. The number of fused-ring (bicyclic) bond motifs is 1. The predicted octanol–water partition coefficient (Wildman–Crippen LogP) is 1.25. The van der Waals surface area contributed by atoms with Gasteiger partial charge in [0.05, 0.1) is 11.1 Å². The molecule has 0 aliphatic rings. The van der Waals surface area contributed by atoms with E-state index in [0.29, 0.717) is 10.8 Å². The number of benzene rings is 1. The third kappa shape index (κ3) is 1.16. The molecule has 1 heterocycles. The molecule has 0 spiro atoms. The molecule has 0 unspecified atom stereocenters. The molecule has 13 heavy (non-hydrogen) atoms. The minimum atomic E-state index is -0.566. The minimum Gasteiger partial charge on any atom is -0.396 e. The fraction of sp³-hybridized carbons (Fsp3) is 0. The van der Waals surface area contributed by atoms with E-state index >= 15 is 0 Å². The van der Waals surface area contributed by atoms with Crippen molar-refractivity contribution in [1.29, 1.82) is 0 Å². The lowest BCUT2D eigenvalue weighted by Crippen LogP contribution is -2.05. The Morgan fingerprint density at radius 2 is 2.15 bits per heavy atom. The number of aromatic nitrogens is 1. The van der Waals surface area contributed by atoms with Gasteiger partial charge in [-0.3, -0.25) is 4.79 Å². The van der Waals surface area contributed by atoms with Gasteiger partial charge in [0.15, 0.2) is 0 Å². The van der Waals surface area contributed by atoms with Crippen LogP contribution in [0.15, 0.2) is 29.2 Å². The molecule has 0 saturated carbocycles. The number of aromatic amines is 1. The molecule has 66 valence electrons. The van der Waals surface area contributed by atoms with Crippen molar-refractivity contribution < 1.29 is 4.39 Å². The molecular formula is C9H7FN2O. The highest BCUT2D eigenvalue weighted by Gasteiger charge is 2.03. The molecular weight excluding hydrogens is 171 g/mol. The summed E-state index contributed by atoms with van der Waals surface area (Å²) in [6, 6.07) is 4.26. The summed E-state index contributed by atoms with van der Waals surface area (Å²) in [7, 11) is 0. The Hall–Kier alpha value is -1.84. The van der Waals surface area contributed by atoms with Crippen molar-refractivity contribution in [3.05, 3.63) is 40.6 Å². The van der Waals surface area contributed by atoms with Gasteiger partial charge in [-0.1, -0.05) is 0 Å². The summed E-state index contributed by atoms with van der Waals surface area (Å²) in [5, 5.41) is 0.955. The number of hydrogen-bond acceptors (Lipinski definition) is 2. The number of halogens is 1. The normalized spacial score (nSPS) is 10.5. The van der Waals surface area contributed by atoms with Crippen LogP contribution in [0.25, 0.3) is 10.8 Å². The van der Waals surface area contributed by atoms with Gasteiger partial charge < -0.3 is 10.7 Å². The monoisotopic (exact) mass is 178 g/mol. The van der Waals surface area contributed by atoms with Gasteiger partial charge in [0.2, 0.25) is 0 Å². The summed E-state index contributed by atoms with van der Waals surface area (Å²) in [5.74, 6) is -0.566. The number of nitrogen functional groups attached to an aromatic ring is 1. The van der Waals surface area contributed by atoms with Gasteiger partial charge >= 0.3 is 0 Å². The van der Waals surface area contributed by atoms with Crippen molar-refractivity contribution in [2.45, 2.75) is 0 Å². The maximum absolute atomic E-state index is 13.0. The number of nitrogens with two attached hydrogens (primary N) is 1. The first kappa shape index (κ1) is 7.79. The third-order valence-corrected chi connectivity index (χ3v) is 1.89. The maximum atomic E-state index is 13.0. The van der Waals surface area contributed by atoms with Gasteiger partial charge in [-0.2, -0.15) is 0 Å². The van der Waals surface area contributed by atoms with Crippen molar-refractivity contribution in [3.8, 4) is 0 Å². The molecule has 0 radical (unpaired) electrons. The number of pyridine rings is 1. The summed E-state index contributed by atoms with van der Waals surface area (Å²) in [4.78, 5) is 13.6. The summed E-state index contributed by atoms with van der Waals surface area (Å²) < 4.78 is 13.0. The molecule has 1 aromatic carbocycles. The Labute approximate surface area is 73.0 Å². The molecule has 0 fully saturated rings. The van der Waals surface area contributed by atoms with E-state index in [0.717, 1.165) is 6.07 Å². The van der Waals surface area contributed by atoms with Crippen LogP contribution < -0.4 is 11.3 Å². The predicted molar refractivity (Wildman–Crippen MR) is 48.9 cm³/mol. The van der Waals surface area contributed by atoms with Gasteiger partial charge in [-0.15, -0.1) is 0 Å². The van der Waals surface area contributed by atoms with E-state index in [1.165, 1.54) is 12.3 Å². The molecule has 0 saturated heterocycles. The van der Waals surface area contributed by atoms with Gasteiger partial charge in [0.1, 0.15) is 5.82 Å². The first-order valence-corrected chi connectivity index (χ1v) is 3.75. The van der Waals surface area contributed by atoms with Crippen LogP contribution in [0.5, 0.6) is 0 Å². The average Bonchev–Trinajstić information content (AvgIpc) is 2.09. The standard InChI is InChI=1S/C9H7FN2O/c10-7-4-6-5(3-8(7)11)1-2-12-9(6)13/h1-4H,11H2,(H,12,13). The summed E-state index contributed by atoms with van der Waals surface area (Å²) in [5.41, 5.74) is 5.09. The van der Waals surface area contributed by atoms with Gasteiger partial charge in [-0.25, -0.2) is 4.39 Å². The zero-order valence-corrected chi connectivity index (χ0v) is 6.67. The van der Waals surface area contributed by atoms with Crippen LogP contribution in [0, 0.1) is 5.82 Å². The van der Waals surface area contributed by atoms with E-state index in [1.54, 1.807) is 6.07 Å². The average molecular weight is 178 g/mol. The number of hydrogen-bond donors (Lipinski definition) is 2. The van der Waals surface area contributed by atoms with Crippen molar-refractivity contribution >= 4 is 16.5 Å². The van der Waals surface area contributed by atoms with Gasteiger partial charge in [-0.05, 0) is 23.6 Å². The lowest BCUT2D eigenvalue weighted by Gasteiger charge is -1.99. The first-order chi connectivity index (χ1) is 6.18. The Bertz CT molecular complexity index is 518. The third-order valence-electron chi connectivity index (χ3n) is 1.89. The lowest BCUT2D eigenvalue weighted by molar-refractivity contribution is 0.634. The van der Waals surface area contributed by atoms with E-state index < -0.39 is 5.82 Å². The quantitative estimate of drug-likeness (QED) is 0.596. The van der Waals surface area contributed by atoms with E-state index in [2.05, 4.69) is 4.98 Å². The molecule has 0 atom stereocenters. The van der Waals surface area contributed by atoms with Crippen molar-refractivity contribution in [2.24, 2.45) is 0 Å². The van der Waals surface area contributed by atoms with E-state index in [9.17, 15) is 9.18 Å². The van der Waals surface area contributed by atoms with Crippen LogP contribution >= 0.6 is 0 Å². The Balaban J connectivity index is 2.97. The molecule has 2 rings (SSSR count). The Kier molecular flexibility index (Phi) is 1.55. The maximum Gasteiger partial charge on any atom is 0.255 e. The van der Waals surface area contributed by atoms with Crippen LogP contribution in [-0.4, -0.2) is 4.98 Å². The fourth-order valence-electron chi connectivity index (χ4n) is 1.23. The van der Waals surface area contributed by atoms with Crippen LogP contribution in [-0.2, 0) is 0 Å². The van der Waals surface area contributed by atoms with Gasteiger partial charge in [0.25, 0.3) is 5.56 Å². The van der Waals surface area contributed by atoms with Crippen molar-refractivity contribution in [2.75, 3.05) is 5.73 Å². The largest absolute Gasteiger partial charge is 0.396 e. The highest BCUT2D eigenvalue weighted by Crippen LogP contribution is 2.16. The second kappa shape index (κ2) is 2.58. The zero-order valence-electron chi connectivity index (χ0n) is 6.67. The topological polar surface area (TPSA) is 58.9 Å². The number of rotatable bonds is 0. The van der Waals surface area contributed by atoms with Crippen molar-refractivity contribution in [3.63, 3.8) is 0 Å². The number of anilines is 1. The minimum absolute atomic E-state index is 0.0538. The molecule has 3 nitrogen and oxygen atoms in total. The van der Waals surface area contributed by atoms with Gasteiger partial charge in [0, 0.05) is 6.20 Å². The second-order valence-electron chi connectivity index (χ2n) is 2.77. The van der Waals surface area contributed by atoms with Crippen LogP contribution in [0.2, 0.25) is 0 Å². The zero-order chi connectivity index (χ0) is 9.42. The lowest BCUT2D eigenvalue weighted by atomic mass is 10.1. The van der Waals surface area contributed by atoms with Crippen LogP contribution in [0.3, 0.4) is 0 Å².